The maximum absolute atomic E-state index is 12.5. The number of nitrogens with zero attached hydrogens (tertiary/aromatic N) is 6. The van der Waals surface area contributed by atoms with Crippen LogP contribution < -0.4 is 10.9 Å². The zero-order chi connectivity index (χ0) is 21.3. The quantitative estimate of drug-likeness (QED) is 0.604. The summed E-state index contributed by atoms with van der Waals surface area (Å²) in [5.41, 5.74) is 0.483. The van der Waals surface area contributed by atoms with Gasteiger partial charge in [-0.2, -0.15) is 10.1 Å². The molecule has 9 nitrogen and oxygen atoms in total. The van der Waals surface area contributed by atoms with Gasteiger partial charge >= 0.3 is 0 Å². The van der Waals surface area contributed by atoms with Crippen LogP contribution in [0.5, 0.6) is 0 Å². The number of hydrogen-bond donors (Lipinski definition) is 1. The average Bonchev–Trinajstić information content (AvgIpc) is 3.16. The summed E-state index contributed by atoms with van der Waals surface area (Å²) in [6.45, 7) is 9.55. The van der Waals surface area contributed by atoms with E-state index < -0.39 is 0 Å². The minimum atomic E-state index is -0.102. The van der Waals surface area contributed by atoms with E-state index in [9.17, 15) is 9.59 Å². The van der Waals surface area contributed by atoms with Crippen molar-refractivity contribution >= 4 is 28.7 Å². The first-order chi connectivity index (χ1) is 14.4. The van der Waals surface area contributed by atoms with Crippen molar-refractivity contribution in [3.63, 3.8) is 0 Å². The molecule has 1 fully saturated rings. The van der Waals surface area contributed by atoms with Crippen molar-refractivity contribution in [3.05, 3.63) is 53.6 Å². The van der Waals surface area contributed by atoms with Crippen LogP contribution in [-0.2, 0) is 11.3 Å². The molecule has 0 saturated carbocycles. The first-order valence-corrected chi connectivity index (χ1v) is 10.0. The Bertz CT molecular complexity index is 1140. The van der Waals surface area contributed by atoms with E-state index in [-0.39, 0.29) is 17.5 Å². The molecular formula is C21H25N7O2. The van der Waals surface area contributed by atoms with Crippen molar-refractivity contribution in [2.45, 2.75) is 32.9 Å². The van der Waals surface area contributed by atoms with Gasteiger partial charge in [-0.1, -0.05) is 6.58 Å². The van der Waals surface area contributed by atoms with Gasteiger partial charge < -0.3 is 10.2 Å². The van der Waals surface area contributed by atoms with Crippen LogP contribution in [0.3, 0.4) is 0 Å². The van der Waals surface area contributed by atoms with Gasteiger partial charge in [0.25, 0.3) is 5.56 Å². The standard InChI is InChI=1S/C21H25N7O2/c1-4-18(29)26-12-15(13-26)7-9-27-19(30)6-5-16-11-22-21(24-20(16)27)23-17-8-10-28(25-17)14(2)3/h4-6,8,10-11,14-15H,1,7,9,12-13H2,2-3H3,(H,22,23,24,25). The smallest absolute Gasteiger partial charge is 0.252 e. The number of aromatic nitrogens is 5. The molecular weight excluding hydrogens is 382 g/mol. The second-order valence-electron chi connectivity index (χ2n) is 7.80. The molecule has 3 aromatic heterocycles. The van der Waals surface area contributed by atoms with Crippen molar-refractivity contribution in [1.82, 2.24) is 29.2 Å². The van der Waals surface area contributed by atoms with E-state index in [1.165, 1.54) is 12.1 Å². The summed E-state index contributed by atoms with van der Waals surface area (Å²) >= 11 is 0. The van der Waals surface area contributed by atoms with E-state index in [2.05, 4.69) is 40.8 Å². The summed E-state index contributed by atoms with van der Waals surface area (Å²) in [6, 6.07) is 5.39. The first-order valence-electron chi connectivity index (χ1n) is 10.0. The van der Waals surface area contributed by atoms with Gasteiger partial charge in [-0.3, -0.25) is 18.8 Å². The fourth-order valence-corrected chi connectivity index (χ4v) is 3.53. The SMILES string of the molecule is C=CC(=O)N1CC(CCn2c(=O)ccc3cnc(Nc4ccn(C(C)C)n4)nc32)C1. The molecule has 1 saturated heterocycles. The predicted molar refractivity (Wildman–Crippen MR) is 115 cm³/mol. The Morgan fingerprint density at radius 1 is 1.33 bits per heavy atom. The number of amides is 1. The first kappa shape index (κ1) is 19.8. The molecule has 156 valence electrons. The number of carbonyl (C=O) groups excluding carboxylic acids is 1. The van der Waals surface area contributed by atoms with E-state index in [0.29, 0.717) is 43.0 Å². The zero-order valence-electron chi connectivity index (χ0n) is 17.2. The van der Waals surface area contributed by atoms with Gasteiger partial charge in [0.2, 0.25) is 11.9 Å². The maximum atomic E-state index is 12.5. The van der Waals surface area contributed by atoms with E-state index in [1.54, 1.807) is 21.7 Å². The largest absolute Gasteiger partial charge is 0.338 e. The second-order valence-corrected chi connectivity index (χ2v) is 7.80. The van der Waals surface area contributed by atoms with Gasteiger partial charge in [-0.05, 0) is 38.3 Å². The maximum Gasteiger partial charge on any atom is 0.252 e. The van der Waals surface area contributed by atoms with E-state index in [4.69, 9.17) is 0 Å². The molecule has 0 atom stereocenters. The third-order valence-electron chi connectivity index (χ3n) is 5.30. The molecule has 4 rings (SSSR count). The summed E-state index contributed by atoms with van der Waals surface area (Å²) in [6.07, 6.45) is 5.73. The van der Waals surface area contributed by atoms with Crippen molar-refractivity contribution in [3.8, 4) is 0 Å². The molecule has 1 N–H and O–H groups in total. The van der Waals surface area contributed by atoms with Crippen LogP contribution in [0, 0.1) is 5.92 Å². The van der Waals surface area contributed by atoms with Gasteiger partial charge in [0.1, 0.15) is 5.65 Å². The van der Waals surface area contributed by atoms with Crippen LogP contribution in [0.25, 0.3) is 11.0 Å². The van der Waals surface area contributed by atoms with Crippen LogP contribution in [-0.4, -0.2) is 48.2 Å². The molecule has 0 aliphatic carbocycles. The average molecular weight is 407 g/mol. The lowest BCUT2D eigenvalue weighted by atomic mass is 9.96. The molecule has 1 aliphatic heterocycles. The van der Waals surface area contributed by atoms with Gasteiger partial charge in [0, 0.05) is 55.6 Å². The minimum Gasteiger partial charge on any atom is -0.338 e. The Kier molecular flexibility index (Phi) is 5.35. The van der Waals surface area contributed by atoms with Crippen LogP contribution in [0.4, 0.5) is 11.8 Å². The lowest BCUT2D eigenvalue weighted by molar-refractivity contribution is -0.132. The molecule has 0 aromatic carbocycles. The fourth-order valence-electron chi connectivity index (χ4n) is 3.53. The van der Waals surface area contributed by atoms with Crippen molar-refractivity contribution in [2.75, 3.05) is 18.4 Å². The highest BCUT2D eigenvalue weighted by molar-refractivity contribution is 5.87. The molecule has 0 radical (unpaired) electrons. The molecule has 3 aromatic rings. The molecule has 0 bridgehead atoms. The van der Waals surface area contributed by atoms with Gasteiger partial charge in [-0.15, -0.1) is 0 Å². The highest BCUT2D eigenvalue weighted by Crippen LogP contribution is 2.21. The Morgan fingerprint density at radius 3 is 2.83 bits per heavy atom. The number of hydrogen-bond acceptors (Lipinski definition) is 6. The Labute approximate surface area is 174 Å². The Morgan fingerprint density at radius 2 is 2.13 bits per heavy atom. The molecule has 30 heavy (non-hydrogen) atoms. The number of pyridine rings is 1. The third-order valence-corrected chi connectivity index (χ3v) is 5.30. The minimum absolute atomic E-state index is 0.0445. The fraction of sp³-hybridized carbons (Fsp3) is 0.381. The van der Waals surface area contributed by atoms with E-state index in [1.807, 2.05) is 16.9 Å². The van der Waals surface area contributed by atoms with Crippen LogP contribution >= 0.6 is 0 Å². The van der Waals surface area contributed by atoms with Gasteiger partial charge in [0.05, 0.1) is 0 Å². The van der Waals surface area contributed by atoms with Gasteiger partial charge in [-0.25, -0.2) is 4.98 Å². The van der Waals surface area contributed by atoms with Crippen LogP contribution in [0.2, 0.25) is 0 Å². The summed E-state index contributed by atoms with van der Waals surface area (Å²) in [5, 5.41) is 8.35. The molecule has 0 unspecified atom stereocenters. The number of likely N-dealkylation sites (tertiary alicyclic amines) is 1. The normalized spacial score (nSPS) is 14.2. The summed E-state index contributed by atoms with van der Waals surface area (Å²) in [5.74, 6) is 1.36. The van der Waals surface area contributed by atoms with E-state index >= 15 is 0 Å². The Balaban J connectivity index is 1.51. The molecule has 1 amide bonds. The number of rotatable bonds is 7. The monoisotopic (exact) mass is 407 g/mol. The van der Waals surface area contributed by atoms with Crippen molar-refractivity contribution < 1.29 is 4.79 Å². The lowest BCUT2D eigenvalue weighted by Crippen LogP contribution is -2.49. The van der Waals surface area contributed by atoms with Crippen molar-refractivity contribution in [2.24, 2.45) is 5.92 Å². The highest BCUT2D eigenvalue weighted by atomic mass is 16.2. The number of nitrogens with one attached hydrogen (secondary N) is 1. The third kappa shape index (κ3) is 3.96. The lowest BCUT2D eigenvalue weighted by Gasteiger charge is -2.38. The number of aryl methyl sites for hydroxylation is 1. The topological polar surface area (TPSA) is 97.9 Å². The van der Waals surface area contributed by atoms with Crippen molar-refractivity contribution in [1.29, 1.82) is 0 Å². The second kappa shape index (κ2) is 8.10. The summed E-state index contributed by atoms with van der Waals surface area (Å²) in [7, 11) is 0. The van der Waals surface area contributed by atoms with Crippen LogP contribution in [0.15, 0.2) is 48.0 Å². The summed E-state index contributed by atoms with van der Waals surface area (Å²) in [4.78, 5) is 34.8. The Hall–Kier alpha value is -3.49. The predicted octanol–water partition coefficient (Wildman–Crippen LogP) is 2.35. The highest BCUT2D eigenvalue weighted by Gasteiger charge is 2.28. The number of fused-ring (bicyclic) bond motifs is 1. The molecule has 4 heterocycles. The molecule has 9 heteroatoms. The molecule has 0 spiro atoms. The van der Waals surface area contributed by atoms with Gasteiger partial charge in [0.15, 0.2) is 5.82 Å². The van der Waals surface area contributed by atoms with E-state index in [0.717, 1.165) is 11.8 Å². The molecule has 1 aliphatic rings. The number of anilines is 2. The zero-order valence-corrected chi connectivity index (χ0v) is 17.2. The summed E-state index contributed by atoms with van der Waals surface area (Å²) < 4.78 is 3.52. The van der Waals surface area contributed by atoms with Crippen LogP contribution in [0.1, 0.15) is 26.3 Å². The number of carbonyl (C=O) groups is 1.